The van der Waals surface area contributed by atoms with Crippen molar-refractivity contribution in [3.63, 3.8) is 0 Å². The molecule has 4 aliphatic rings. The van der Waals surface area contributed by atoms with Crippen LogP contribution in [0.5, 0.6) is 5.75 Å². The highest BCUT2D eigenvalue weighted by Gasteiger charge is 2.40. The van der Waals surface area contributed by atoms with Crippen LogP contribution in [0.4, 0.5) is 0 Å². The lowest BCUT2D eigenvalue weighted by atomic mass is 9.83. The number of nitrogens with zero attached hydrogens (tertiary/aromatic N) is 2. The molecule has 7 rings (SSSR count). The summed E-state index contributed by atoms with van der Waals surface area (Å²) in [5.74, 6) is 1.05. The first-order valence-electron chi connectivity index (χ1n) is 14.3. The molecule has 0 radical (unpaired) electrons. The lowest BCUT2D eigenvalue weighted by Crippen LogP contribution is -2.52. The molecular weight excluding hydrogens is 492 g/mol. The first-order valence-corrected chi connectivity index (χ1v) is 14.3. The number of likely N-dealkylation sites (tertiary alicyclic amines) is 1. The van der Waals surface area contributed by atoms with Gasteiger partial charge in [0.1, 0.15) is 17.9 Å². The predicted molar refractivity (Wildman–Crippen MR) is 146 cm³/mol. The average Bonchev–Trinajstić information content (AvgIpc) is 3.48. The second-order valence-electron chi connectivity index (χ2n) is 11.6. The molecule has 3 fully saturated rings. The first kappa shape index (κ1) is 24.4. The van der Waals surface area contributed by atoms with Crippen molar-refractivity contribution in [2.24, 2.45) is 5.92 Å². The Hall–Kier alpha value is -3.65. The molecule has 2 aromatic carbocycles. The Morgan fingerprint density at radius 2 is 1.82 bits per heavy atom. The van der Waals surface area contributed by atoms with Crippen LogP contribution in [-0.4, -0.2) is 64.3 Å². The lowest BCUT2D eigenvalue weighted by Gasteiger charge is -2.43. The average molecular weight is 527 g/mol. The number of carbonyl (C=O) groups is 3. The molecule has 4 heterocycles. The molecule has 3 aliphatic heterocycles. The highest BCUT2D eigenvalue weighted by atomic mass is 16.5. The van der Waals surface area contributed by atoms with Gasteiger partial charge in [0.2, 0.25) is 11.8 Å². The predicted octanol–water partition coefficient (Wildman–Crippen LogP) is 3.97. The van der Waals surface area contributed by atoms with Gasteiger partial charge in [0.15, 0.2) is 0 Å². The van der Waals surface area contributed by atoms with E-state index in [0.717, 1.165) is 37.4 Å². The van der Waals surface area contributed by atoms with E-state index >= 15 is 0 Å². The van der Waals surface area contributed by atoms with Gasteiger partial charge in [0.25, 0.3) is 5.91 Å². The number of H-pyrrole nitrogens is 1. The Bertz CT molecular complexity index is 1440. The van der Waals surface area contributed by atoms with Crippen LogP contribution in [0.1, 0.15) is 65.9 Å². The van der Waals surface area contributed by atoms with Crippen molar-refractivity contribution < 1.29 is 19.1 Å². The van der Waals surface area contributed by atoms with Gasteiger partial charge in [-0.1, -0.05) is 24.6 Å². The standard InChI is InChI=1S/C31H34N4O4/c36-29-12-11-27(30(37)33-29)35-18-20-13-22(9-10-23(20)31(35)38)39-28-8-4-1-5-19(28)15-34-16-21(17-34)25-14-32-26-7-3-2-6-24(25)26/h2-3,6-7,9-10,13-14,19,21,27-28,32H,1,4-5,8,11-12,15-18H2,(H,33,36,37)/t19-,27?,28+/m1/s1. The molecular formula is C31H34N4O4. The van der Waals surface area contributed by atoms with Crippen LogP contribution in [0.15, 0.2) is 48.7 Å². The number of aromatic nitrogens is 1. The van der Waals surface area contributed by atoms with Crippen LogP contribution in [-0.2, 0) is 16.1 Å². The molecule has 1 saturated carbocycles. The number of piperidine rings is 1. The second kappa shape index (κ2) is 9.83. The van der Waals surface area contributed by atoms with Gasteiger partial charge in [-0.2, -0.15) is 0 Å². The highest BCUT2D eigenvalue weighted by Crippen LogP contribution is 2.37. The van der Waals surface area contributed by atoms with Crippen LogP contribution in [0, 0.1) is 5.92 Å². The smallest absolute Gasteiger partial charge is 0.255 e. The van der Waals surface area contributed by atoms with E-state index in [1.54, 1.807) is 4.90 Å². The summed E-state index contributed by atoms with van der Waals surface area (Å²) in [6.07, 6.45) is 7.60. The largest absolute Gasteiger partial charge is 0.490 e. The fourth-order valence-electron chi connectivity index (χ4n) is 7.02. The SMILES string of the molecule is O=C1CCC(N2Cc3cc(O[C@H]4CCCC[C@@H]4CN4CC(c5c[nH]c6ccccc56)C4)ccc3C2=O)C(=O)N1. The molecule has 1 unspecified atom stereocenters. The molecule has 202 valence electrons. The molecule has 0 spiro atoms. The fourth-order valence-corrected chi connectivity index (χ4v) is 7.02. The summed E-state index contributed by atoms with van der Waals surface area (Å²) in [7, 11) is 0. The summed E-state index contributed by atoms with van der Waals surface area (Å²) in [5.41, 5.74) is 4.15. The highest BCUT2D eigenvalue weighted by molar-refractivity contribution is 6.05. The lowest BCUT2D eigenvalue weighted by molar-refractivity contribution is -0.136. The van der Waals surface area contributed by atoms with Gasteiger partial charge in [0.05, 0.1) is 0 Å². The number of imide groups is 1. The molecule has 39 heavy (non-hydrogen) atoms. The van der Waals surface area contributed by atoms with Crippen molar-refractivity contribution in [3.05, 3.63) is 65.4 Å². The van der Waals surface area contributed by atoms with Crippen LogP contribution in [0.3, 0.4) is 0 Å². The summed E-state index contributed by atoms with van der Waals surface area (Å²) < 4.78 is 6.59. The van der Waals surface area contributed by atoms with E-state index in [2.05, 4.69) is 45.7 Å². The molecule has 1 aliphatic carbocycles. The van der Waals surface area contributed by atoms with Crippen molar-refractivity contribution in [1.82, 2.24) is 20.1 Å². The number of amides is 3. The normalized spacial score (nSPS) is 26.0. The van der Waals surface area contributed by atoms with Crippen molar-refractivity contribution in [2.75, 3.05) is 19.6 Å². The quantitative estimate of drug-likeness (QED) is 0.474. The van der Waals surface area contributed by atoms with E-state index < -0.39 is 6.04 Å². The van der Waals surface area contributed by atoms with Gasteiger partial charge < -0.3 is 19.5 Å². The number of benzene rings is 2. The molecule has 8 heteroatoms. The number of nitrogens with one attached hydrogen (secondary N) is 2. The third-order valence-corrected chi connectivity index (χ3v) is 9.13. The van der Waals surface area contributed by atoms with Gasteiger partial charge in [-0.25, -0.2) is 0 Å². The van der Waals surface area contributed by atoms with Crippen LogP contribution in [0.25, 0.3) is 10.9 Å². The maximum Gasteiger partial charge on any atom is 0.255 e. The number of ether oxygens (including phenoxy) is 1. The van der Waals surface area contributed by atoms with Crippen molar-refractivity contribution in [2.45, 2.75) is 63.1 Å². The Labute approximate surface area is 227 Å². The molecule has 3 amide bonds. The topological polar surface area (TPSA) is 94.7 Å². The van der Waals surface area contributed by atoms with E-state index in [1.807, 2.05) is 18.2 Å². The molecule has 2 N–H and O–H groups in total. The number of hydrogen-bond acceptors (Lipinski definition) is 5. The van der Waals surface area contributed by atoms with Gasteiger partial charge in [-0.15, -0.1) is 0 Å². The molecule has 3 aromatic rings. The summed E-state index contributed by atoms with van der Waals surface area (Å²) >= 11 is 0. The van der Waals surface area contributed by atoms with E-state index in [0.29, 0.717) is 30.4 Å². The summed E-state index contributed by atoms with van der Waals surface area (Å²) in [6, 6.07) is 13.6. The first-order chi connectivity index (χ1) is 19.0. The molecule has 1 aromatic heterocycles. The number of hydrogen-bond donors (Lipinski definition) is 2. The van der Waals surface area contributed by atoms with E-state index in [9.17, 15) is 14.4 Å². The van der Waals surface area contributed by atoms with Gasteiger partial charge in [0, 0.05) is 67.1 Å². The Morgan fingerprint density at radius 3 is 2.69 bits per heavy atom. The van der Waals surface area contributed by atoms with Crippen molar-refractivity contribution >= 4 is 28.6 Å². The minimum Gasteiger partial charge on any atom is -0.490 e. The van der Waals surface area contributed by atoms with Gasteiger partial charge >= 0.3 is 0 Å². The summed E-state index contributed by atoms with van der Waals surface area (Å²) in [5, 5.41) is 3.71. The third kappa shape index (κ3) is 4.50. The van der Waals surface area contributed by atoms with Crippen molar-refractivity contribution in [1.29, 1.82) is 0 Å². The van der Waals surface area contributed by atoms with E-state index in [-0.39, 0.29) is 30.2 Å². The zero-order chi connectivity index (χ0) is 26.5. The second-order valence-corrected chi connectivity index (χ2v) is 11.6. The van der Waals surface area contributed by atoms with Gasteiger partial charge in [-0.3, -0.25) is 19.7 Å². The molecule has 3 atom stereocenters. The zero-order valence-electron chi connectivity index (χ0n) is 22.0. The Kier molecular flexibility index (Phi) is 6.15. The van der Waals surface area contributed by atoms with Crippen molar-refractivity contribution in [3.8, 4) is 5.75 Å². The van der Waals surface area contributed by atoms with Crippen LogP contribution >= 0.6 is 0 Å². The van der Waals surface area contributed by atoms with Gasteiger partial charge in [-0.05, 0) is 61.1 Å². The van der Waals surface area contributed by atoms with Crippen LogP contribution in [0.2, 0.25) is 0 Å². The monoisotopic (exact) mass is 526 g/mol. The molecule has 2 saturated heterocycles. The molecule has 8 nitrogen and oxygen atoms in total. The number of fused-ring (bicyclic) bond motifs is 2. The number of para-hydroxylation sites is 1. The zero-order valence-corrected chi connectivity index (χ0v) is 22.0. The number of rotatable bonds is 6. The molecule has 0 bridgehead atoms. The minimum atomic E-state index is -0.598. The minimum absolute atomic E-state index is 0.149. The maximum atomic E-state index is 13.0. The summed E-state index contributed by atoms with van der Waals surface area (Å²) in [4.78, 5) is 44.5. The fraction of sp³-hybridized carbons (Fsp3) is 0.452. The van der Waals surface area contributed by atoms with Crippen LogP contribution < -0.4 is 10.1 Å². The Morgan fingerprint density at radius 1 is 0.974 bits per heavy atom. The van der Waals surface area contributed by atoms with E-state index in [4.69, 9.17) is 4.74 Å². The Balaban J connectivity index is 0.988. The summed E-state index contributed by atoms with van der Waals surface area (Å²) in [6.45, 7) is 3.59. The third-order valence-electron chi connectivity index (χ3n) is 9.13. The number of carbonyl (C=O) groups excluding carboxylic acids is 3. The van der Waals surface area contributed by atoms with E-state index in [1.165, 1.54) is 35.7 Å². The number of aromatic amines is 1. The maximum absolute atomic E-state index is 13.0.